The van der Waals surface area contributed by atoms with Crippen molar-refractivity contribution in [2.24, 2.45) is 0 Å². The molecule has 3 atom stereocenters. The van der Waals surface area contributed by atoms with Crippen LogP contribution in [0.15, 0.2) is 6.33 Å². The monoisotopic (exact) mass is 264 g/mol. The summed E-state index contributed by atoms with van der Waals surface area (Å²) in [5.74, 6) is 0. The Labute approximate surface area is 114 Å². The highest BCUT2D eigenvalue weighted by Gasteiger charge is 2.29. The highest BCUT2D eigenvalue weighted by molar-refractivity contribution is 5.16. The Morgan fingerprint density at radius 2 is 2.42 bits per heavy atom. The maximum Gasteiger partial charge on any atom is 0.0925 e. The van der Waals surface area contributed by atoms with Crippen LogP contribution in [0.5, 0.6) is 0 Å². The maximum absolute atomic E-state index is 5.77. The quantitative estimate of drug-likeness (QED) is 0.852. The molecule has 3 unspecified atom stereocenters. The fourth-order valence-electron chi connectivity index (χ4n) is 3.15. The van der Waals surface area contributed by atoms with E-state index in [1.54, 1.807) is 6.33 Å². The fourth-order valence-corrected chi connectivity index (χ4v) is 3.15. The van der Waals surface area contributed by atoms with Gasteiger partial charge in [-0.3, -0.25) is 4.90 Å². The Bertz CT molecular complexity index is 419. The molecule has 1 aromatic rings. The smallest absolute Gasteiger partial charge is 0.0925 e. The van der Waals surface area contributed by atoms with Crippen molar-refractivity contribution in [3.05, 3.63) is 17.7 Å². The Balaban J connectivity index is 1.61. The summed E-state index contributed by atoms with van der Waals surface area (Å²) in [6, 6.07) is 1.08. The highest BCUT2D eigenvalue weighted by atomic mass is 16.5. The average molecular weight is 264 g/mol. The van der Waals surface area contributed by atoms with Crippen molar-refractivity contribution in [3.63, 3.8) is 0 Å². The predicted octanol–water partition coefficient (Wildman–Crippen LogP) is 0.923. The molecule has 0 aliphatic carbocycles. The van der Waals surface area contributed by atoms with Gasteiger partial charge in [0.25, 0.3) is 0 Å². The first-order valence-electron chi connectivity index (χ1n) is 7.36. The number of morpholine rings is 1. The summed E-state index contributed by atoms with van der Waals surface area (Å²) in [6.45, 7) is 8.34. The largest absolute Gasteiger partial charge is 0.376 e. The number of aromatic nitrogens is 2. The SMILES string of the molecule is CCC1COC(C)CN1CC1Cc2nc[nH]c2CN1. The van der Waals surface area contributed by atoms with Crippen LogP contribution in [0.2, 0.25) is 0 Å². The van der Waals surface area contributed by atoms with Gasteiger partial charge in [0.05, 0.1) is 30.4 Å². The van der Waals surface area contributed by atoms with E-state index < -0.39 is 0 Å². The van der Waals surface area contributed by atoms with Gasteiger partial charge in [-0.05, 0) is 13.3 Å². The maximum atomic E-state index is 5.77. The highest BCUT2D eigenvalue weighted by Crippen LogP contribution is 2.18. The summed E-state index contributed by atoms with van der Waals surface area (Å²) in [7, 11) is 0. The molecule has 1 aromatic heterocycles. The number of H-pyrrole nitrogens is 1. The molecular formula is C14H24N4O. The number of imidazole rings is 1. The number of hydrogen-bond acceptors (Lipinski definition) is 4. The molecular weight excluding hydrogens is 240 g/mol. The lowest BCUT2D eigenvalue weighted by Crippen LogP contribution is -2.54. The first-order chi connectivity index (χ1) is 9.26. The number of nitrogens with one attached hydrogen (secondary N) is 2. The molecule has 19 heavy (non-hydrogen) atoms. The summed E-state index contributed by atoms with van der Waals surface area (Å²) in [5.41, 5.74) is 2.48. The van der Waals surface area contributed by atoms with E-state index in [-0.39, 0.29) is 0 Å². The molecule has 0 amide bonds. The fraction of sp³-hybridized carbons (Fsp3) is 0.786. The van der Waals surface area contributed by atoms with Gasteiger partial charge < -0.3 is 15.0 Å². The zero-order chi connectivity index (χ0) is 13.2. The first-order valence-corrected chi connectivity index (χ1v) is 7.36. The zero-order valence-corrected chi connectivity index (χ0v) is 11.9. The average Bonchev–Trinajstić information content (AvgIpc) is 2.86. The summed E-state index contributed by atoms with van der Waals surface area (Å²) in [5, 5.41) is 3.61. The van der Waals surface area contributed by atoms with E-state index in [1.165, 1.54) is 11.4 Å². The van der Waals surface area contributed by atoms with E-state index >= 15 is 0 Å². The minimum absolute atomic E-state index is 0.354. The van der Waals surface area contributed by atoms with Crippen LogP contribution in [-0.4, -0.2) is 52.8 Å². The van der Waals surface area contributed by atoms with Crippen molar-refractivity contribution in [2.75, 3.05) is 19.7 Å². The standard InChI is InChI=1S/C14H24N4O/c1-3-12-8-19-10(2)6-18(12)7-11-4-13-14(5-15-11)17-9-16-13/h9-12,15H,3-8H2,1-2H3,(H,16,17). The van der Waals surface area contributed by atoms with Gasteiger partial charge >= 0.3 is 0 Å². The van der Waals surface area contributed by atoms with Gasteiger partial charge in [-0.15, -0.1) is 0 Å². The van der Waals surface area contributed by atoms with Crippen LogP contribution >= 0.6 is 0 Å². The normalized spacial score (nSPS) is 32.2. The van der Waals surface area contributed by atoms with Gasteiger partial charge in [0.15, 0.2) is 0 Å². The molecule has 0 spiro atoms. The van der Waals surface area contributed by atoms with Crippen LogP contribution in [0, 0.1) is 0 Å². The lowest BCUT2D eigenvalue weighted by atomic mass is 10.0. The van der Waals surface area contributed by atoms with Crippen LogP contribution in [0.3, 0.4) is 0 Å². The molecule has 0 radical (unpaired) electrons. The van der Waals surface area contributed by atoms with E-state index in [0.29, 0.717) is 18.2 Å². The van der Waals surface area contributed by atoms with Crippen molar-refractivity contribution in [2.45, 2.75) is 51.4 Å². The van der Waals surface area contributed by atoms with Crippen molar-refractivity contribution in [3.8, 4) is 0 Å². The number of nitrogens with zero attached hydrogens (tertiary/aromatic N) is 2. The molecule has 3 rings (SSSR count). The van der Waals surface area contributed by atoms with E-state index in [0.717, 1.165) is 39.1 Å². The molecule has 1 fully saturated rings. The Kier molecular flexibility index (Phi) is 3.86. The van der Waals surface area contributed by atoms with Gasteiger partial charge in [-0.1, -0.05) is 6.92 Å². The summed E-state index contributed by atoms with van der Waals surface area (Å²) in [6.07, 6.45) is 4.35. The molecule has 5 nitrogen and oxygen atoms in total. The van der Waals surface area contributed by atoms with Gasteiger partial charge in [-0.2, -0.15) is 0 Å². The molecule has 106 valence electrons. The van der Waals surface area contributed by atoms with Gasteiger partial charge in [0.1, 0.15) is 0 Å². The van der Waals surface area contributed by atoms with Crippen LogP contribution < -0.4 is 5.32 Å². The van der Waals surface area contributed by atoms with Crippen molar-refractivity contribution < 1.29 is 4.74 Å². The van der Waals surface area contributed by atoms with Crippen LogP contribution in [0.4, 0.5) is 0 Å². The van der Waals surface area contributed by atoms with E-state index in [2.05, 4.69) is 34.0 Å². The van der Waals surface area contributed by atoms with Crippen molar-refractivity contribution in [1.82, 2.24) is 20.2 Å². The number of aromatic amines is 1. The third-order valence-corrected chi connectivity index (χ3v) is 4.32. The lowest BCUT2D eigenvalue weighted by Gasteiger charge is -2.40. The van der Waals surface area contributed by atoms with E-state index in [9.17, 15) is 0 Å². The van der Waals surface area contributed by atoms with Crippen LogP contribution in [0.25, 0.3) is 0 Å². The molecule has 0 bridgehead atoms. The minimum atomic E-state index is 0.354. The van der Waals surface area contributed by atoms with E-state index in [4.69, 9.17) is 4.74 Å². The molecule has 2 aliphatic heterocycles. The number of hydrogen-bond donors (Lipinski definition) is 2. The van der Waals surface area contributed by atoms with Gasteiger partial charge in [-0.25, -0.2) is 4.98 Å². The molecule has 0 aromatic carbocycles. The van der Waals surface area contributed by atoms with Crippen LogP contribution in [-0.2, 0) is 17.7 Å². The summed E-state index contributed by atoms with van der Waals surface area (Å²) < 4.78 is 5.77. The Morgan fingerprint density at radius 3 is 3.26 bits per heavy atom. The third-order valence-electron chi connectivity index (χ3n) is 4.32. The molecule has 5 heteroatoms. The minimum Gasteiger partial charge on any atom is -0.376 e. The Morgan fingerprint density at radius 1 is 1.53 bits per heavy atom. The molecule has 0 saturated carbocycles. The second-order valence-electron chi connectivity index (χ2n) is 5.77. The van der Waals surface area contributed by atoms with Gasteiger partial charge in [0, 0.05) is 38.1 Å². The molecule has 3 heterocycles. The van der Waals surface area contributed by atoms with Gasteiger partial charge in [0.2, 0.25) is 0 Å². The number of rotatable bonds is 3. The molecule has 1 saturated heterocycles. The summed E-state index contributed by atoms with van der Waals surface area (Å²) in [4.78, 5) is 10.2. The number of fused-ring (bicyclic) bond motifs is 1. The lowest BCUT2D eigenvalue weighted by molar-refractivity contribution is -0.0587. The number of ether oxygens (including phenoxy) is 1. The van der Waals surface area contributed by atoms with Crippen molar-refractivity contribution >= 4 is 0 Å². The van der Waals surface area contributed by atoms with E-state index in [1.807, 2.05) is 0 Å². The second-order valence-corrected chi connectivity index (χ2v) is 5.77. The predicted molar refractivity (Wildman–Crippen MR) is 74.0 cm³/mol. The summed E-state index contributed by atoms with van der Waals surface area (Å²) >= 11 is 0. The molecule has 2 N–H and O–H groups in total. The third kappa shape index (κ3) is 2.83. The second kappa shape index (κ2) is 5.61. The Hall–Kier alpha value is -0.910. The van der Waals surface area contributed by atoms with Crippen LogP contribution in [0.1, 0.15) is 31.7 Å². The first kappa shape index (κ1) is 13.1. The topological polar surface area (TPSA) is 53.2 Å². The van der Waals surface area contributed by atoms with Crippen molar-refractivity contribution in [1.29, 1.82) is 0 Å². The molecule has 2 aliphatic rings. The zero-order valence-electron chi connectivity index (χ0n) is 11.9.